The van der Waals surface area contributed by atoms with Crippen LogP contribution in [0, 0.1) is 5.82 Å². The van der Waals surface area contributed by atoms with Gasteiger partial charge in [-0.05, 0) is 35.4 Å². The summed E-state index contributed by atoms with van der Waals surface area (Å²) in [6.07, 6.45) is 0. The Balaban J connectivity index is 2.02. The number of hydrogen-bond donors (Lipinski definition) is 1. The molecule has 88 valence electrons. The van der Waals surface area contributed by atoms with E-state index in [0.29, 0.717) is 12.4 Å². The summed E-state index contributed by atoms with van der Waals surface area (Å²) in [6.45, 7) is 0.295. The topological polar surface area (TPSA) is 29.5 Å². The average molecular weight is 232 g/mol. The fourth-order valence-electron chi connectivity index (χ4n) is 1.53. The molecule has 0 atom stereocenters. The Kier molecular flexibility index (Phi) is 3.73. The van der Waals surface area contributed by atoms with Crippen molar-refractivity contribution in [2.24, 2.45) is 0 Å². The minimum atomic E-state index is -0.268. The summed E-state index contributed by atoms with van der Waals surface area (Å²) in [5.41, 5.74) is 1.57. The Morgan fingerprint density at radius 3 is 2.53 bits per heavy atom. The summed E-state index contributed by atoms with van der Waals surface area (Å²) in [5, 5.41) is 8.98. The SMILES string of the molecule is OCc1cccc(OCc2cccc(F)c2)c1. The maximum absolute atomic E-state index is 12.9. The molecule has 0 radical (unpaired) electrons. The third kappa shape index (κ3) is 3.29. The molecule has 0 aromatic heterocycles. The van der Waals surface area contributed by atoms with Gasteiger partial charge in [-0.1, -0.05) is 24.3 Å². The van der Waals surface area contributed by atoms with Crippen molar-refractivity contribution in [2.75, 3.05) is 0 Å². The summed E-state index contributed by atoms with van der Waals surface area (Å²) in [7, 11) is 0. The van der Waals surface area contributed by atoms with E-state index in [0.717, 1.165) is 11.1 Å². The molecule has 2 rings (SSSR count). The van der Waals surface area contributed by atoms with Crippen LogP contribution in [0.3, 0.4) is 0 Å². The zero-order valence-electron chi connectivity index (χ0n) is 9.27. The van der Waals surface area contributed by atoms with Crippen LogP contribution in [0.5, 0.6) is 5.75 Å². The summed E-state index contributed by atoms with van der Waals surface area (Å²) in [5.74, 6) is 0.399. The third-order valence-corrected chi connectivity index (χ3v) is 2.38. The Bertz CT molecular complexity index is 497. The second-order valence-corrected chi connectivity index (χ2v) is 3.72. The van der Waals surface area contributed by atoms with Gasteiger partial charge in [0.25, 0.3) is 0 Å². The second kappa shape index (κ2) is 5.46. The monoisotopic (exact) mass is 232 g/mol. The first-order valence-corrected chi connectivity index (χ1v) is 5.35. The van der Waals surface area contributed by atoms with E-state index in [2.05, 4.69) is 0 Å². The number of halogens is 1. The van der Waals surface area contributed by atoms with Gasteiger partial charge in [-0.15, -0.1) is 0 Å². The van der Waals surface area contributed by atoms with Crippen LogP contribution >= 0.6 is 0 Å². The fourth-order valence-corrected chi connectivity index (χ4v) is 1.53. The molecular formula is C14H13FO2. The van der Waals surface area contributed by atoms with Gasteiger partial charge in [0.15, 0.2) is 0 Å². The van der Waals surface area contributed by atoms with Crippen LogP contribution in [-0.4, -0.2) is 5.11 Å². The van der Waals surface area contributed by atoms with Crippen molar-refractivity contribution in [3.8, 4) is 5.75 Å². The minimum Gasteiger partial charge on any atom is -0.489 e. The highest BCUT2D eigenvalue weighted by molar-refractivity contribution is 5.28. The van der Waals surface area contributed by atoms with Crippen LogP contribution in [0.1, 0.15) is 11.1 Å². The zero-order chi connectivity index (χ0) is 12.1. The minimum absolute atomic E-state index is 0.0167. The van der Waals surface area contributed by atoms with Gasteiger partial charge in [-0.2, -0.15) is 0 Å². The predicted octanol–water partition coefficient (Wildman–Crippen LogP) is 2.90. The van der Waals surface area contributed by atoms with Crippen molar-refractivity contribution in [3.63, 3.8) is 0 Å². The first-order valence-electron chi connectivity index (χ1n) is 5.35. The molecule has 2 aromatic rings. The lowest BCUT2D eigenvalue weighted by atomic mass is 10.2. The van der Waals surface area contributed by atoms with E-state index in [1.54, 1.807) is 24.3 Å². The first kappa shape index (κ1) is 11.6. The summed E-state index contributed by atoms with van der Waals surface area (Å²) in [6, 6.07) is 13.5. The van der Waals surface area contributed by atoms with Crippen molar-refractivity contribution >= 4 is 0 Å². The van der Waals surface area contributed by atoms with Crippen LogP contribution in [-0.2, 0) is 13.2 Å². The summed E-state index contributed by atoms with van der Waals surface area (Å²) < 4.78 is 18.4. The lowest BCUT2D eigenvalue weighted by molar-refractivity contribution is 0.278. The van der Waals surface area contributed by atoms with E-state index < -0.39 is 0 Å². The van der Waals surface area contributed by atoms with Crippen molar-refractivity contribution in [1.29, 1.82) is 0 Å². The Morgan fingerprint density at radius 2 is 1.76 bits per heavy atom. The van der Waals surface area contributed by atoms with Gasteiger partial charge in [0.2, 0.25) is 0 Å². The Labute approximate surface area is 99.3 Å². The summed E-state index contributed by atoms with van der Waals surface area (Å²) in [4.78, 5) is 0. The highest BCUT2D eigenvalue weighted by atomic mass is 19.1. The van der Waals surface area contributed by atoms with Crippen LogP contribution in [0.15, 0.2) is 48.5 Å². The normalized spacial score (nSPS) is 10.2. The molecule has 0 saturated carbocycles. The lowest BCUT2D eigenvalue weighted by Gasteiger charge is -2.07. The molecule has 0 unspecified atom stereocenters. The molecule has 0 heterocycles. The van der Waals surface area contributed by atoms with Crippen LogP contribution in [0.25, 0.3) is 0 Å². The van der Waals surface area contributed by atoms with Gasteiger partial charge >= 0.3 is 0 Å². The van der Waals surface area contributed by atoms with E-state index in [-0.39, 0.29) is 12.4 Å². The van der Waals surface area contributed by atoms with Crippen LogP contribution in [0.4, 0.5) is 4.39 Å². The van der Waals surface area contributed by atoms with Crippen molar-refractivity contribution < 1.29 is 14.2 Å². The Morgan fingerprint density at radius 1 is 1.00 bits per heavy atom. The fraction of sp³-hybridized carbons (Fsp3) is 0.143. The van der Waals surface area contributed by atoms with E-state index in [4.69, 9.17) is 9.84 Å². The maximum Gasteiger partial charge on any atom is 0.123 e. The molecule has 0 spiro atoms. The molecule has 3 heteroatoms. The number of aliphatic hydroxyl groups is 1. The van der Waals surface area contributed by atoms with E-state index in [9.17, 15) is 4.39 Å². The quantitative estimate of drug-likeness (QED) is 0.878. The van der Waals surface area contributed by atoms with Crippen molar-refractivity contribution in [3.05, 3.63) is 65.5 Å². The van der Waals surface area contributed by atoms with Gasteiger partial charge in [0, 0.05) is 0 Å². The highest BCUT2D eigenvalue weighted by Crippen LogP contribution is 2.15. The molecule has 0 aliphatic carbocycles. The molecule has 0 aliphatic rings. The van der Waals surface area contributed by atoms with Gasteiger partial charge in [-0.25, -0.2) is 4.39 Å². The first-order chi connectivity index (χ1) is 8.28. The second-order valence-electron chi connectivity index (χ2n) is 3.72. The molecule has 17 heavy (non-hydrogen) atoms. The molecule has 0 aliphatic heterocycles. The Hall–Kier alpha value is -1.87. The van der Waals surface area contributed by atoms with Gasteiger partial charge in [0.05, 0.1) is 6.61 Å². The number of rotatable bonds is 4. The average Bonchev–Trinajstić information content (AvgIpc) is 2.37. The van der Waals surface area contributed by atoms with Gasteiger partial charge < -0.3 is 9.84 Å². The standard InChI is InChI=1S/C14H13FO2/c15-13-5-1-4-12(7-13)10-17-14-6-2-3-11(8-14)9-16/h1-8,16H,9-10H2. The van der Waals surface area contributed by atoms with Crippen molar-refractivity contribution in [2.45, 2.75) is 13.2 Å². The lowest BCUT2D eigenvalue weighted by Crippen LogP contribution is -1.96. The third-order valence-electron chi connectivity index (χ3n) is 2.38. The molecule has 1 N–H and O–H groups in total. The van der Waals surface area contributed by atoms with Gasteiger partial charge in [0.1, 0.15) is 18.2 Å². The predicted molar refractivity (Wildman–Crippen MR) is 63.1 cm³/mol. The number of benzene rings is 2. The van der Waals surface area contributed by atoms with E-state index in [1.807, 2.05) is 12.1 Å². The molecule has 0 fully saturated rings. The molecule has 2 nitrogen and oxygen atoms in total. The van der Waals surface area contributed by atoms with E-state index in [1.165, 1.54) is 12.1 Å². The molecule has 0 bridgehead atoms. The van der Waals surface area contributed by atoms with Crippen molar-refractivity contribution in [1.82, 2.24) is 0 Å². The smallest absolute Gasteiger partial charge is 0.123 e. The molecular weight excluding hydrogens is 219 g/mol. The number of aliphatic hydroxyl groups excluding tert-OH is 1. The number of hydrogen-bond acceptors (Lipinski definition) is 2. The molecule has 0 saturated heterocycles. The molecule has 2 aromatic carbocycles. The summed E-state index contributed by atoms with van der Waals surface area (Å²) >= 11 is 0. The molecule has 0 amide bonds. The van der Waals surface area contributed by atoms with Crippen LogP contribution < -0.4 is 4.74 Å². The van der Waals surface area contributed by atoms with Gasteiger partial charge in [-0.3, -0.25) is 0 Å². The zero-order valence-corrected chi connectivity index (χ0v) is 9.27. The highest BCUT2D eigenvalue weighted by Gasteiger charge is 1.98. The van der Waals surface area contributed by atoms with E-state index >= 15 is 0 Å². The van der Waals surface area contributed by atoms with Crippen LogP contribution in [0.2, 0.25) is 0 Å². The largest absolute Gasteiger partial charge is 0.489 e. The maximum atomic E-state index is 12.9. The number of ether oxygens (including phenoxy) is 1.